The fourth-order valence-electron chi connectivity index (χ4n) is 2.99. The average molecular weight is 320 g/mol. The minimum absolute atomic E-state index is 0.0717. The number of hydrogen-bond donors (Lipinski definition) is 2. The third-order valence-electron chi connectivity index (χ3n) is 4.58. The topological polar surface area (TPSA) is 44.9 Å². The molecule has 0 aliphatic rings. The van der Waals surface area contributed by atoms with E-state index >= 15 is 0 Å². The van der Waals surface area contributed by atoms with Crippen LogP contribution < -0.4 is 5.32 Å². The van der Waals surface area contributed by atoms with E-state index in [-0.39, 0.29) is 11.3 Å². The molecule has 0 aliphatic carbocycles. The third kappa shape index (κ3) is 3.67. The van der Waals surface area contributed by atoms with E-state index < -0.39 is 0 Å². The van der Waals surface area contributed by atoms with Gasteiger partial charge in [-0.2, -0.15) is 0 Å². The summed E-state index contributed by atoms with van der Waals surface area (Å²) in [7, 11) is 0. The highest BCUT2D eigenvalue weighted by atomic mass is 16.1. The lowest BCUT2D eigenvalue weighted by molar-refractivity contribution is -0.121. The van der Waals surface area contributed by atoms with E-state index in [1.807, 2.05) is 36.5 Å². The number of para-hydroxylation sites is 1. The van der Waals surface area contributed by atoms with Gasteiger partial charge in [0.15, 0.2) is 0 Å². The Labute approximate surface area is 143 Å². The van der Waals surface area contributed by atoms with E-state index in [0.29, 0.717) is 13.0 Å². The number of carbonyl (C=O) groups excluding carboxylic acids is 1. The van der Waals surface area contributed by atoms with Crippen LogP contribution in [0.25, 0.3) is 10.9 Å². The molecule has 0 saturated heterocycles. The zero-order chi connectivity index (χ0) is 17.0. The Balaban J connectivity index is 1.54. The van der Waals surface area contributed by atoms with Crippen molar-refractivity contribution in [3.63, 3.8) is 0 Å². The van der Waals surface area contributed by atoms with Gasteiger partial charge in [0.2, 0.25) is 5.91 Å². The second-order valence-corrected chi connectivity index (χ2v) is 6.89. The molecule has 3 rings (SSSR count). The molecule has 0 saturated carbocycles. The normalized spacial score (nSPS) is 11.6. The van der Waals surface area contributed by atoms with Gasteiger partial charge in [0, 0.05) is 35.5 Å². The fraction of sp³-hybridized carbons (Fsp3) is 0.286. The van der Waals surface area contributed by atoms with E-state index in [4.69, 9.17) is 0 Å². The molecule has 124 valence electrons. The minimum Gasteiger partial charge on any atom is -0.361 e. The lowest BCUT2D eigenvalue weighted by Gasteiger charge is -2.25. The summed E-state index contributed by atoms with van der Waals surface area (Å²) in [6.45, 7) is 4.95. The zero-order valence-corrected chi connectivity index (χ0v) is 14.3. The van der Waals surface area contributed by atoms with Crippen molar-refractivity contribution in [2.45, 2.75) is 32.1 Å². The van der Waals surface area contributed by atoms with Gasteiger partial charge in [-0.25, -0.2) is 0 Å². The summed E-state index contributed by atoms with van der Waals surface area (Å²) in [5, 5.41) is 4.29. The summed E-state index contributed by atoms with van der Waals surface area (Å²) < 4.78 is 0. The number of hydrogen-bond acceptors (Lipinski definition) is 1. The van der Waals surface area contributed by atoms with E-state index in [1.165, 1.54) is 16.5 Å². The second-order valence-electron chi connectivity index (χ2n) is 6.89. The van der Waals surface area contributed by atoms with E-state index in [0.717, 1.165) is 11.9 Å². The predicted molar refractivity (Wildman–Crippen MR) is 99.1 cm³/mol. The monoisotopic (exact) mass is 320 g/mol. The lowest BCUT2D eigenvalue weighted by Crippen LogP contribution is -2.36. The van der Waals surface area contributed by atoms with Crippen LogP contribution in [-0.2, 0) is 16.6 Å². The number of carbonyl (C=O) groups is 1. The van der Waals surface area contributed by atoms with Crippen LogP contribution in [0.15, 0.2) is 60.8 Å². The van der Waals surface area contributed by atoms with Crippen LogP contribution in [-0.4, -0.2) is 17.4 Å². The summed E-state index contributed by atoms with van der Waals surface area (Å²) in [6, 6.07) is 18.5. The molecule has 0 atom stereocenters. The Morgan fingerprint density at radius 2 is 1.75 bits per heavy atom. The van der Waals surface area contributed by atoms with Crippen LogP contribution in [0.3, 0.4) is 0 Å². The van der Waals surface area contributed by atoms with Gasteiger partial charge >= 0.3 is 0 Å². The number of rotatable bonds is 6. The summed E-state index contributed by atoms with van der Waals surface area (Å²) >= 11 is 0. The van der Waals surface area contributed by atoms with Crippen molar-refractivity contribution >= 4 is 16.8 Å². The molecule has 0 aliphatic heterocycles. The Hall–Kier alpha value is -2.55. The maximum absolute atomic E-state index is 12.2. The Morgan fingerprint density at radius 3 is 2.54 bits per heavy atom. The van der Waals surface area contributed by atoms with Crippen molar-refractivity contribution in [2.24, 2.45) is 0 Å². The first kappa shape index (κ1) is 16.3. The van der Waals surface area contributed by atoms with Crippen LogP contribution in [0.4, 0.5) is 0 Å². The van der Waals surface area contributed by atoms with Gasteiger partial charge in [-0.3, -0.25) is 4.79 Å². The molecule has 0 fully saturated rings. The molecule has 3 aromatic rings. The first-order valence-electron chi connectivity index (χ1n) is 8.43. The molecule has 0 unspecified atom stereocenters. The van der Waals surface area contributed by atoms with Crippen LogP contribution in [0.2, 0.25) is 0 Å². The number of aromatic nitrogens is 1. The largest absolute Gasteiger partial charge is 0.361 e. The SMILES string of the molecule is CC(C)(CNC(=O)CCc1c[nH]c2ccccc12)c1ccccc1. The molecule has 2 N–H and O–H groups in total. The van der Waals surface area contributed by atoms with Crippen molar-refractivity contribution in [1.82, 2.24) is 10.3 Å². The quantitative estimate of drug-likeness (QED) is 0.702. The van der Waals surface area contributed by atoms with Crippen molar-refractivity contribution in [2.75, 3.05) is 6.54 Å². The standard InChI is InChI=1S/C21H24N2O/c1-21(2,17-8-4-3-5-9-17)15-23-20(24)13-12-16-14-22-19-11-7-6-10-18(16)19/h3-11,14,22H,12-13,15H2,1-2H3,(H,23,24). The molecule has 3 heteroatoms. The van der Waals surface area contributed by atoms with Crippen molar-refractivity contribution < 1.29 is 4.79 Å². The second kappa shape index (κ2) is 6.91. The van der Waals surface area contributed by atoms with Crippen molar-refractivity contribution in [1.29, 1.82) is 0 Å². The zero-order valence-electron chi connectivity index (χ0n) is 14.3. The first-order valence-corrected chi connectivity index (χ1v) is 8.43. The average Bonchev–Trinajstić information content (AvgIpc) is 3.02. The maximum atomic E-state index is 12.2. The number of aryl methyl sites for hydroxylation is 1. The number of aromatic amines is 1. The van der Waals surface area contributed by atoms with Gasteiger partial charge in [0.25, 0.3) is 0 Å². The Morgan fingerprint density at radius 1 is 1.04 bits per heavy atom. The molecular weight excluding hydrogens is 296 g/mol. The maximum Gasteiger partial charge on any atom is 0.220 e. The minimum atomic E-state index is -0.0717. The number of nitrogens with one attached hydrogen (secondary N) is 2. The number of amides is 1. The fourth-order valence-corrected chi connectivity index (χ4v) is 2.99. The van der Waals surface area contributed by atoms with Crippen LogP contribution in [0, 0.1) is 0 Å². The number of H-pyrrole nitrogens is 1. The number of fused-ring (bicyclic) bond motifs is 1. The highest BCUT2D eigenvalue weighted by Crippen LogP contribution is 2.22. The summed E-state index contributed by atoms with van der Waals surface area (Å²) in [6.07, 6.45) is 3.26. The predicted octanol–water partition coefficient (Wildman–Crippen LogP) is 4.19. The number of benzene rings is 2. The van der Waals surface area contributed by atoms with Gasteiger partial charge in [0.1, 0.15) is 0 Å². The van der Waals surface area contributed by atoms with Gasteiger partial charge in [-0.15, -0.1) is 0 Å². The highest BCUT2D eigenvalue weighted by molar-refractivity contribution is 5.84. The van der Waals surface area contributed by atoms with Gasteiger partial charge < -0.3 is 10.3 Å². The van der Waals surface area contributed by atoms with E-state index in [1.54, 1.807) is 0 Å². The molecule has 3 nitrogen and oxygen atoms in total. The molecule has 0 radical (unpaired) electrons. The first-order chi connectivity index (χ1) is 11.6. The molecule has 1 amide bonds. The van der Waals surface area contributed by atoms with Crippen LogP contribution in [0.5, 0.6) is 0 Å². The molecule has 0 bridgehead atoms. The van der Waals surface area contributed by atoms with Crippen LogP contribution >= 0.6 is 0 Å². The summed E-state index contributed by atoms with van der Waals surface area (Å²) in [5.41, 5.74) is 3.49. The molecule has 24 heavy (non-hydrogen) atoms. The molecule has 0 spiro atoms. The van der Waals surface area contributed by atoms with Crippen LogP contribution in [0.1, 0.15) is 31.4 Å². The molecule has 1 aromatic heterocycles. The van der Waals surface area contributed by atoms with E-state index in [9.17, 15) is 4.79 Å². The molecular formula is C21H24N2O. The lowest BCUT2D eigenvalue weighted by atomic mass is 9.84. The van der Waals surface area contributed by atoms with Gasteiger partial charge in [-0.05, 0) is 23.6 Å². The van der Waals surface area contributed by atoms with Gasteiger partial charge in [-0.1, -0.05) is 62.4 Å². The van der Waals surface area contributed by atoms with Crippen molar-refractivity contribution in [3.8, 4) is 0 Å². The van der Waals surface area contributed by atoms with Crippen molar-refractivity contribution in [3.05, 3.63) is 71.9 Å². The third-order valence-corrected chi connectivity index (χ3v) is 4.58. The summed E-state index contributed by atoms with van der Waals surface area (Å²) in [4.78, 5) is 15.5. The Bertz CT molecular complexity index is 818. The summed E-state index contributed by atoms with van der Waals surface area (Å²) in [5.74, 6) is 0.101. The smallest absolute Gasteiger partial charge is 0.220 e. The van der Waals surface area contributed by atoms with E-state index in [2.05, 4.69) is 48.4 Å². The highest BCUT2D eigenvalue weighted by Gasteiger charge is 2.21. The molecule has 2 aromatic carbocycles. The van der Waals surface area contributed by atoms with Gasteiger partial charge in [0.05, 0.1) is 0 Å². The Kier molecular flexibility index (Phi) is 4.70. The molecule has 1 heterocycles.